The molecule has 0 spiro atoms. The van der Waals surface area contributed by atoms with Crippen molar-refractivity contribution in [3.05, 3.63) is 58.7 Å². The molecule has 1 aliphatic rings. The highest BCUT2D eigenvalue weighted by molar-refractivity contribution is 7.98. The Labute approximate surface area is 139 Å². The molecule has 5 heteroatoms. The molecule has 2 aromatic rings. The maximum atomic E-state index is 11.9. The highest BCUT2D eigenvalue weighted by Gasteiger charge is 2.26. The van der Waals surface area contributed by atoms with E-state index in [0.717, 1.165) is 32.8 Å². The van der Waals surface area contributed by atoms with Crippen LogP contribution in [-0.2, 0) is 16.1 Å². The quantitative estimate of drug-likeness (QED) is 0.849. The van der Waals surface area contributed by atoms with Crippen molar-refractivity contribution in [2.24, 2.45) is 0 Å². The molecule has 4 nitrogen and oxygen atoms in total. The largest absolute Gasteiger partial charge is 0.392 e. The van der Waals surface area contributed by atoms with Crippen LogP contribution in [0.1, 0.15) is 28.4 Å². The number of nitrogens with one attached hydrogen (secondary N) is 1. The van der Waals surface area contributed by atoms with Crippen LogP contribution in [0.15, 0.2) is 41.3 Å². The lowest BCUT2D eigenvalue weighted by Gasteiger charge is -2.22. The summed E-state index contributed by atoms with van der Waals surface area (Å²) in [5.41, 5.74) is 4.54. The first-order valence-corrected chi connectivity index (χ1v) is 8.65. The van der Waals surface area contributed by atoms with Gasteiger partial charge in [0.1, 0.15) is 12.7 Å². The van der Waals surface area contributed by atoms with E-state index < -0.39 is 0 Å². The predicted molar refractivity (Wildman–Crippen MR) is 91.7 cm³/mol. The van der Waals surface area contributed by atoms with Crippen LogP contribution in [0.2, 0.25) is 0 Å². The molecule has 0 fully saturated rings. The van der Waals surface area contributed by atoms with E-state index in [4.69, 9.17) is 4.74 Å². The maximum absolute atomic E-state index is 11.9. The fraction of sp³-hybridized carbons (Fsp3) is 0.278. The van der Waals surface area contributed by atoms with Crippen molar-refractivity contribution >= 4 is 23.4 Å². The van der Waals surface area contributed by atoms with Crippen molar-refractivity contribution in [3.63, 3.8) is 0 Å². The fourth-order valence-corrected chi connectivity index (χ4v) is 3.54. The van der Waals surface area contributed by atoms with Crippen molar-refractivity contribution in [2.75, 3.05) is 18.2 Å². The number of hydrogen-bond acceptors (Lipinski definition) is 4. The zero-order chi connectivity index (χ0) is 16.4. The molecule has 0 bridgehead atoms. The predicted octanol–water partition coefficient (Wildman–Crippen LogP) is 3.27. The second-order valence-electron chi connectivity index (χ2n) is 5.52. The second kappa shape index (κ2) is 6.74. The highest BCUT2D eigenvalue weighted by atomic mass is 32.2. The van der Waals surface area contributed by atoms with E-state index in [-0.39, 0.29) is 25.2 Å². The third kappa shape index (κ3) is 3.13. The van der Waals surface area contributed by atoms with Gasteiger partial charge in [-0.1, -0.05) is 29.8 Å². The van der Waals surface area contributed by atoms with E-state index in [9.17, 15) is 9.90 Å². The van der Waals surface area contributed by atoms with Gasteiger partial charge in [0.25, 0.3) is 0 Å². The van der Waals surface area contributed by atoms with Crippen molar-refractivity contribution in [3.8, 4) is 0 Å². The van der Waals surface area contributed by atoms with Crippen LogP contribution < -0.4 is 5.32 Å². The third-order valence-electron chi connectivity index (χ3n) is 3.97. The lowest BCUT2D eigenvalue weighted by atomic mass is 9.94. The Morgan fingerprint density at radius 1 is 1.30 bits per heavy atom. The molecule has 2 N–H and O–H groups in total. The van der Waals surface area contributed by atoms with Gasteiger partial charge < -0.3 is 15.2 Å². The summed E-state index contributed by atoms with van der Waals surface area (Å²) in [5.74, 6) is -0.163. The van der Waals surface area contributed by atoms with Crippen molar-refractivity contribution in [1.29, 1.82) is 0 Å². The van der Waals surface area contributed by atoms with Crippen LogP contribution in [0.25, 0.3) is 0 Å². The monoisotopic (exact) mass is 329 g/mol. The number of hydrogen-bond donors (Lipinski definition) is 2. The molecule has 0 radical (unpaired) electrons. The summed E-state index contributed by atoms with van der Waals surface area (Å²) < 4.78 is 5.89. The zero-order valence-corrected chi connectivity index (χ0v) is 13.9. The molecule has 0 aliphatic carbocycles. The van der Waals surface area contributed by atoms with E-state index in [1.54, 1.807) is 11.8 Å². The number of amides is 1. The maximum Gasteiger partial charge on any atom is 0.250 e. The first-order valence-electron chi connectivity index (χ1n) is 7.42. The van der Waals surface area contributed by atoms with Crippen LogP contribution in [0.4, 0.5) is 5.69 Å². The first kappa shape index (κ1) is 16.1. The van der Waals surface area contributed by atoms with Gasteiger partial charge >= 0.3 is 0 Å². The smallest absolute Gasteiger partial charge is 0.250 e. The van der Waals surface area contributed by atoms with Gasteiger partial charge in [-0.2, -0.15) is 0 Å². The van der Waals surface area contributed by atoms with Gasteiger partial charge in [0.15, 0.2) is 0 Å². The lowest BCUT2D eigenvalue weighted by molar-refractivity contribution is -0.121. The molecular formula is C18H19NO3S. The van der Waals surface area contributed by atoms with Crippen molar-refractivity contribution in [1.82, 2.24) is 0 Å². The van der Waals surface area contributed by atoms with Crippen LogP contribution in [-0.4, -0.2) is 23.9 Å². The fourth-order valence-electron chi connectivity index (χ4n) is 2.89. The number of benzene rings is 2. The van der Waals surface area contributed by atoms with Gasteiger partial charge in [-0.15, -0.1) is 11.8 Å². The van der Waals surface area contributed by atoms with Gasteiger partial charge in [0, 0.05) is 16.1 Å². The van der Waals surface area contributed by atoms with Crippen LogP contribution >= 0.6 is 11.8 Å². The summed E-state index contributed by atoms with van der Waals surface area (Å²) >= 11 is 1.59. The number of carbonyl (C=O) groups is 1. The molecular weight excluding hydrogens is 310 g/mol. The SMILES string of the molecule is CSc1cccc([C@H]2OCC(=O)Nc3ccc(C)cc32)c1CO. The van der Waals surface area contributed by atoms with E-state index in [0.29, 0.717) is 0 Å². The Kier molecular flexibility index (Phi) is 4.71. The number of aliphatic hydroxyl groups excluding tert-OH is 1. The minimum atomic E-state index is -0.377. The van der Waals surface area contributed by atoms with Gasteiger partial charge in [0.2, 0.25) is 5.91 Å². The van der Waals surface area contributed by atoms with E-state index >= 15 is 0 Å². The molecule has 0 saturated heterocycles. The Morgan fingerprint density at radius 3 is 2.87 bits per heavy atom. The number of thioether (sulfide) groups is 1. The summed E-state index contributed by atoms with van der Waals surface area (Å²) in [6.45, 7) is 1.94. The van der Waals surface area contributed by atoms with E-state index in [2.05, 4.69) is 5.32 Å². The Morgan fingerprint density at radius 2 is 2.13 bits per heavy atom. The highest BCUT2D eigenvalue weighted by Crippen LogP contribution is 2.38. The van der Waals surface area contributed by atoms with Crippen LogP contribution in [0.5, 0.6) is 0 Å². The molecule has 0 unspecified atom stereocenters. The molecule has 120 valence electrons. The normalized spacial score (nSPS) is 17.3. The number of anilines is 1. The number of carbonyl (C=O) groups excluding carboxylic acids is 1. The zero-order valence-electron chi connectivity index (χ0n) is 13.1. The molecule has 0 aromatic heterocycles. The minimum absolute atomic E-state index is 0.00718. The summed E-state index contributed by atoms with van der Waals surface area (Å²) in [5, 5.41) is 12.7. The average Bonchev–Trinajstić information content (AvgIpc) is 2.72. The lowest BCUT2D eigenvalue weighted by Crippen LogP contribution is -2.16. The summed E-state index contributed by atoms with van der Waals surface area (Å²) in [6.07, 6.45) is 1.60. The second-order valence-corrected chi connectivity index (χ2v) is 6.36. The Bertz CT molecular complexity index is 745. The van der Waals surface area contributed by atoms with Crippen molar-refractivity contribution < 1.29 is 14.6 Å². The molecule has 0 saturated carbocycles. The topological polar surface area (TPSA) is 58.6 Å². The summed E-state index contributed by atoms with van der Waals surface area (Å²) in [7, 11) is 0. The van der Waals surface area contributed by atoms with Gasteiger partial charge in [-0.05, 0) is 36.4 Å². The molecule has 1 atom stereocenters. The van der Waals surface area contributed by atoms with Crippen LogP contribution in [0, 0.1) is 6.92 Å². The number of aliphatic hydroxyl groups is 1. The Balaban J connectivity index is 2.17. The summed E-state index contributed by atoms with van der Waals surface area (Å²) in [6, 6.07) is 11.8. The molecule has 3 rings (SSSR count). The third-order valence-corrected chi connectivity index (χ3v) is 4.80. The minimum Gasteiger partial charge on any atom is -0.392 e. The summed E-state index contributed by atoms with van der Waals surface area (Å²) in [4.78, 5) is 12.9. The standard InChI is InChI=1S/C18H19NO3S/c1-11-6-7-15-13(8-11)18(22-10-17(21)19-15)12-4-3-5-16(23-2)14(12)9-20/h3-8,18,20H,9-10H2,1-2H3,(H,19,21)/t18-/m1/s1. The first-order chi connectivity index (χ1) is 11.1. The van der Waals surface area contributed by atoms with Gasteiger partial charge in [-0.25, -0.2) is 0 Å². The average molecular weight is 329 g/mol. The van der Waals surface area contributed by atoms with E-state index in [1.165, 1.54) is 0 Å². The van der Waals surface area contributed by atoms with Gasteiger partial charge in [0.05, 0.1) is 6.61 Å². The number of aryl methyl sites for hydroxylation is 1. The Hall–Kier alpha value is -1.82. The van der Waals surface area contributed by atoms with Crippen molar-refractivity contribution in [2.45, 2.75) is 24.5 Å². The number of fused-ring (bicyclic) bond motifs is 1. The number of ether oxygens (including phenoxy) is 1. The van der Waals surface area contributed by atoms with Gasteiger partial charge in [-0.3, -0.25) is 4.79 Å². The van der Waals surface area contributed by atoms with E-state index in [1.807, 2.05) is 49.6 Å². The molecule has 2 aromatic carbocycles. The molecule has 1 heterocycles. The molecule has 23 heavy (non-hydrogen) atoms. The molecule has 1 amide bonds. The molecule has 1 aliphatic heterocycles. The number of rotatable bonds is 3. The van der Waals surface area contributed by atoms with Crippen LogP contribution in [0.3, 0.4) is 0 Å².